The van der Waals surface area contributed by atoms with Crippen molar-refractivity contribution < 1.29 is 4.52 Å². The molecule has 0 atom stereocenters. The number of nitrogen functional groups attached to an aromatic ring is 1. The third-order valence-electron chi connectivity index (χ3n) is 2.44. The summed E-state index contributed by atoms with van der Waals surface area (Å²) in [5.74, 6) is 0.815. The molecule has 18 heavy (non-hydrogen) atoms. The molecule has 0 aliphatic heterocycles. The van der Waals surface area contributed by atoms with Crippen molar-refractivity contribution in [3.63, 3.8) is 0 Å². The third-order valence-corrected chi connectivity index (χ3v) is 3.54. The van der Waals surface area contributed by atoms with E-state index in [0.29, 0.717) is 23.1 Å². The van der Waals surface area contributed by atoms with Crippen LogP contribution in [0.4, 0.5) is 5.69 Å². The molecule has 0 spiro atoms. The number of hydrogen-bond donors (Lipinski definition) is 1. The lowest BCUT2D eigenvalue weighted by atomic mass is 10.3. The van der Waals surface area contributed by atoms with Crippen molar-refractivity contribution in [1.82, 2.24) is 20.1 Å². The van der Waals surface area contributed by atoms with Crippen LogP contribution in [0.1, 0.15) is 5.56 Å². The van der Waals surface area contributed by atoms with Gasteiger partial charge in [0.1, 0.15) is 10.6 Å². The zero-order valence-corrected chi connectivity index (χ0v) is 10.3. The highest BCUT2D eigenvalue weighted by molar-refractivity contribution is 7.14. The van der Waals surface area contributed by atoms with Gasteiger partial charge in [0.05, 0.1) is 11.9 Å². The maximum absolute atomic E-state index is 5.94. The predicted molar refractivity (Wildman–Crippen MR) is 67.8 cm³/mol. The smallest absolute Gasteiger partial charge is 0.270 e. The Bertz CT molecular complexity index is 676. The molecule has 0 radical (unpaired) electrons. The first kappa shape index (κ1) is 10.8. The quantitative estimate of drug-likeness (QED) is 0.758. The monoisotopic (exact) mass is 259 g/mol. The third kappa shape index (κ3) is 1.74. The van der Waals surface area contributed by atoms with Gasteiger partial charge in [0.15, 0.2) is 0 Å². The molecule has 3 heterocycles. The van der Waals surface area contributed by atoms with E-state index in [0.717, 1.165) is 10.4 Å². The minimum Gasteiger partial charge on any atom is -0.397 e. The van der Waals surface area contributed by atoms with Gasteiger partial charge in [-0.25, -0.2) is 4.98 Å². The van der Waals surface area contributed by atoms with Crippen molar-refractivity contribution in [2.75, 3.05) is 5.73 Å². The topological polar surface area (TPSA) is 90.7 Å². The molecule has 0 unspecified atom stereocenters. The van der Waals surface area contributed by atoms with E-state index in [1.807, 2.05) is 12.3 Å². The first-order chi connectivity index (χ1) is 8.75. The number of aryl methyl sites for hydroxylation is 1. The molecule has 3 rings (SSSR count). The van der Waals surface area contributed by atoms with Gasteiger partial charge in [-0.1, -0.05) is 5.16 Å². The molecule has 0 amide bonds. The van der Waals surface area contributed by atoms with Crippen LogP contribution in [-0.4, -0.2) is 20.1 Å². The molecule has 2 N–H and O–H groups in total. The van der Waals surface area contributed by atoms with Crippen LogP contribution in [0.25, 0.3) is 22.3 Å². The van der Waals surface area contributed by atoms with E-state index in [4.69, 9.17) is 10.3 Å². The summed E-state index contributed by atoms with van der Waals surface area (Å²) in [6.45, 7) is 1.94. The second kappa shape index (κ2) is 4.19. The van der Waals surface area contributed by atoms with Crippen molar-refractivity contribution in [3.8, 4) is 22.3 Å². The van der Waals surface area contributed by atoms with Gasteiger partial charge in [0.25, 0.3) is 5.89 Å². The first-order valence-electron chi connectivity index (χ1n) is 5.19. The summed E-state index contributed by atoms with van der Waals surface area (Å²) < 4.78 is 5.20. The Kier molecular flexibility index (Phi) is 2.52. The van der Waals surface area contributed by atoms with E-state index in [2.05, 4.69) is 20.1 Å². The minimum atomic E-state index is 0.406. The van der Waals surface area contributed by atoms with Crippen molar-refractivity contribution in [2.24, 2.45) is 0 Å². The number of rotatable bonds is 2. The zero-order valence-electron chi connectivity index (χ0n) is 9.49. The Hall–Kier alpha value is -2.28. The van der Waals surface area contributed by atoms with Crippen molar-refractivity contribution in [1.29, 1.82) is 0 Å². The Morgan fingerprint density at radius 3 is 2.89 bits per heavy atom. The van der Waals surface area contributed by atoms with Gasteiger partial charge in [-0.3, -0.25) is 4.98 Å². The predicted octanol–water partition coefficient (Wildman–Crippen LogP) is 2.15. The standard InChI is InChI=1S/C11H9N5OS/c1-6-5-18-9(8(6)12)11-15-10(16-17-11)7-4-13-2-3-14-7/h2-5H,12H2,1H3. The van der Waals surface area contributed by atoms with Gasteiger partial charge < -0.3 is 10.3 Å². The molecule has 90 valence electrons. The van der Waals surface area contributed by atoms with Crippen LogP contribution >= 0.6 is 11.3 Å². The van der Waals surface area contributed by atoms with Crippen molar-refractivity contribution in [2.45, 2.75) is 6.92 Å². The molecular weight excluding hydrogens is 250 g/mol. The molecule has 0 saturated heterocycles. The van der Waals surface area contributed by atoms with E-state index in [1.54, 1.807) is 18.6 Å². The second-order valence-corrected chi connectivity index (χ2v) is 4.55. The number of hydrogen-bond acceptors (Lipinski definition) is 7. The van der Waals surface area contributed by atoms with Crippen LogP contribution in [0.3, 0.4) is 0 Å². The fraction of sp³-hybridized carbons (Fsp3) is 0.0909. The number of thiophene rings is 1. The molecule has 0 bridgehead atoms. The Labute approximate surface area is 107 Å². The summed E-state index contributed by atoms with van der Waals surface area (Å²) in [7, 11) is 0. The molecule has 0 aliphatic rings. The fourth-order valence-electron chi connectivity index (χ4n) is 1.45. The summed E-state index contributed by atoms with van der Waals surface area (Å²) in [5, 5.41) is 5.83. The molecule has 0 aliphatic carbocycles. The summed E-state index contributed by atoms with van der Waals surface area (Å²) in [5.41, 5.74) is 8.19. The second-order valence-electron chi connectivity index (χ2n) is 3.68. The Morgan fingerprint density at radius 2 is 2.22 bits per heavy atom. The van der Waals surface area contributed by atoms with Gasteiger partial charge in [0, 0.05) is 12.4 Å². The Morgan fingerprint density at radius 1 is 1.33 bits per heavy atom. The number of aromatic nitrogens is 4. The maximum Gasteiger partial charge on any atom is 0.270 e. The van der Waals surface area contributed by atoms with Gasteiger partial charge in [-0.15, -0.1) is 11.3 Å². The van der Waals surface area contributed by atoms with Crippen LogP contribution in [0.2, 0.25) is 0 Å². The molecule has 3 aromatic rings. The fourth-order valence-corrected chi connectivity index (χ4v) is 2.35. The summed E-state index contributed by atoms with van der Waals surface area (Å²) in [6, 6.07) is 0. The SMILES string of the molecule is Cc1csc(-c2nc(-c3cnccn3)no2)c1N. The van der Waals surface area contributed by atoms with Crippen molar-refractivity contribution in [3.05, 3.63) is 29.5 Å². The Balaban J connectivity index is 2.02. The minimum absolute atomic E-state index is 0.406. The summed E-state index contributed by atoms with van der Waals surface area (Å²) >= 11 is 1.48. The highest BCUT2D eigenvalue weighted by Crippen LogP contribution is 2.34. The highest BCUT2D eigenvalue weighted by Gasteiger charge is 2.16. The molecular formula is C11H9N5OS. The largest absolute Gasteiger partial charge is 0.397 e. The summed E-state index contributed by atoms with van der Waals surface area (Å²) in [6.07, 6.45) is 4.75. The van der Waals surface area contributed by atoms with Crippen LogP contribution in [0.5, 0.6) is 0 Å². The van der Waals surface area contributed by atoms with Gasteiger partial charge in [-0.05, 0) is 17.9 Å². The average molecular weight is 259 g/mol. The van der Waals surface area contributed by atoms with Crippen LogP contribution in [0, 0.1) is 6.92 Å². The maximum atomic E-state index is 5.94. The van der Waals surface area contributed by atoms with E-state index in [9.17, 15) is 0 Å². The molecule has 6 nitrogen and oxygen atoms in total. The lowest BCUT2D eigenvalue weighted by Crippen LogP contribution is -1.88. The van der Waals surface area contributed by atoms with Crippen LogP contribution in [0.15, 0.2) is 28.5 Å². The van der Waals surface area contributed by atoms with Crippen molar-refractivity contribution >= 4 is 17.0 Å². The molecule has 0 aromatic carbocycles. The molecule has 0 saturated carbocycles. The molecule has 7 heteroatoms. The number of nitrogens with two attached hydrogens (primary N) is 1. The summed E-state index contributed by atoms with van der Waals surface area (Å²) in [4.78, 5) is 13.1. The van der Waals surface area contributed by atoms with Crippen LogP contribution < -0.4 is 5.73 Å². The normalized spacial score (nSPS) is 10.7. The van der Waals surface area contributed by atoms with Gasteiger partial charge in [-0.2, -0.15) is 4.98 Å². The first-order valence-corrected chi connectivity index (χ1v) is 6.07. The number of nitrogens with zero attached hydrogens (tertiary/aromatic N) is 4. The van der Waals surface area contributed by atoms with E-state index >= 15 is 0 Å². The molecule has 3 aromatic heterocycles. The zero-order chi connectivity index (χ0) is 12.5. The lowest BCUT2D eigenvalue weighted by Gasteiger charge is -1.92. The van der Waals surface area contributed by atoms with Crippen LogP contribution in [-0.2, 0) is 0 Å². The molecule has 0 fully saturated rings. The van der Waals surface area contributed by atoms with E-state index < -0.39 is 0 Å². The average Bonchev–Trinajstić information content (AvgIpc) is 3.00. The van der Waals surface area contributed by atoms with E-state index in [1.165, 1.54) is 11.3 Å². The highest BCUT2D eigenvalue weighted by atomic mass is 32.1. The number of anilines is 1. The van der Waals surface area contributed by atoms with Gasteiger partial charge >= 0.3 is 0 Å². The van der Waals surface area contributed by atoms with E-state index in [-0.39, 0.29) is 0 Å². The lowest BCUT2D eigenvalue weighted by molar-refractivity contribution is 0.433. The van der Waals surface area contributed by atoms with Gasteiger partial charge in [0.2, 0.25) is 5.82 Å².